The SMILES string of the molecule is CCCCCCCCC(CCCCCC)CC(=O)OCCCCCNCCO. The molecule has 28 heavy (non-hydrogen) atoms. The topological polar surface area (TPSA) is 58.6 Å². The van der Waals surface area contributed by atoms with E-state index in [1.165, 1.54) is 77.0 Å². The molecule has 0 rings (SSSR count). The van der Waals surface area contributed by atoms with Crippen LogP contribution < -0.4 is 5.32 Å². The number of unbranched alkanes of at least 4 members (excludes halogenated alkanes) is 10. The second-order valence-corrected chi connectivity index (χ2v) is 8.23. The van der Waals surface area contributed by atoms with Crippen molar-refractivity contribution in [2.75, 3.05) is 26.3 Å². The molecule has 0 aromatic rings. The normalized spacial score (nSPS) is 12.2. The van der Waals surface area contributed by atoms with Gasteiger partial charge in [-0.15, -0.1) is 0 Å². The molecule has 0 saturated heterocycles. The first-order valence-corrected chi connectivity index (χ1v) is 12.2. The van der Waals surface area contributed by atoms with Crippen molar-refractivity contribution >= 4 is 5.97 Å². The predicted octanol–water partition coefficient (Wildman–Crippen LogP) is 6.01. The summed E-state index contributed by atoms with van der Waals surface area (Å²) in [6, 6.07) is 0. The van der Waals surface area contributed by atoms with Gasteiger partial charge >= 0.3 is 5.97 Å². The molecule has 2 N–H and O–H groups in total. The van der Waals surface area contributed by atoms with E-state index in [0.29, 0.717) is 25.5 Å². The third kappa shape index (κ3) is 20.1. The third-order valence-electron chi connectivity index (χ3n) is 5.44. The molecular formula is C24H49NO3. The number of esters is 1. The summed E-state index contributed by atoms with van der Waals surface area (Å²) in [4.78, 5) is 12.2. The highest BCUT2D eigenvalue weighted by Gasteiger charge is 2.14. The highest BCUT2D eigenvalue weighted by Crippen LogP contribution is 2.22. The number of ether oxygens (including phenoxy) is 1. The Hall–Kier alpha value is -0.610. The van der Waals surface area contributed by atoms with Crippen LogP contribution in [0.25, 0.3) is 0 Å². The lowest BCUT2D eigenvalue weighted by molar-refractivity contribution is -0.145. The van der Waals surface area contributed by atoms with Gasteiger partial charge in [0.2, 0.25) is 0 Å². The average molecular weight is 400 g/mol. The summed E-state index contributed by atoms with van der Waals surface area (Å²) in [5, 5.41) is 11.9. The van der Waals surface area contributed by atoms with Gasteiger partial charge in [0.25, 0.3) is 0 Å². The van der Waals surface area contributed by atoms with E-state index >= 15 is 0 Å². The maximum Gasteiger partial charge on any atom is 0.306 e. The lowest BCUT2D eigenvalue weighted by Crippen LogP contribution is -2.19. The van der Waals surface area contributed by atoms with Gasteiger partial charge in [0.15, 0.2) is 0 Å². The molecule has 0 radical (unpaired) electrons. The molecular weight excluding hydrogens is 350 g/mol. The largest absolute Gasteiger partial charge is 0.466 e. The molecule has 0 fully saturated rings. The van der Waals surface area contributed by atoms with Gasteiger partial charge in [0.05, 0.1) is 13.2 Å². The molecule has 0 bridgehead atoms. The van der Waals surface area contributed by atoms with Gasteiger partial charge in [-0.05, 0) is 44.6 Å². The zero-order valence-electron chi connectivity index (χ0n) is 19.0. The van der Waals surface area contributed by atoms with Crippen LogP contribution in [0, 0.1) is 5.92 Å². The van der Waals surface area contributed by atoms with Gasteiger partial charge in [-0.2, -0.15) is 0 Å². The highest BCUT2D eigenvalue weighted by molar-refractivity contribution is 5.69. The van der Waals surface area contributed by atoms with Crippen LogP contribution in [0.2, 0.25) is 0 Å². The summed E-state index contributed by atoms with van der Waals surface area (Å²) in [6.07, 6.45) is 19.1. The fourth-order valence-corrected chi connectivity index (χ4v) is 3.64. The van der Waals surface area contributed by atoms with Gasteiger partial charge < -0.3 is 15.2 Å². The smallest absolute Gasteiger partial charge is 0.306 e. The molecule has 0 spiro atoms. The van der Waals surface area contributed by atoms with Crippen molar-refractivity contribution in [2.24, 2.45) is 5.92 Å². The van der Waals surface area contributed by atoms with Gasteiger partial charge in [-0.1, -0.05) is 78.1 Å². The lowest BCUT2D eigenvalue weighted by atomic mass is 9.91. The van der Waals surface area contributed by atoms with Crippen molar-refractivity contribution in [3.63, 3.8) is 0 Å². The Labute approximate surface area is 175 Å². The lowest BCUT2D eigenvalue weighted by Gasteiger charge is -2.16. The summed E-state index contributed by atoms with van der Waals surface area (Å²) >= 11 is 0. The van der Waals surface area contributed by atoms with Crippen LogP contribution in [-0.2, 0) is 9.53 Å². The monoisotopic (exact) mass is 399 g/mol. The number of hydrogen-bond donors (Lipinski definition) is 2. The number of carbonyl (C=O) groups is 1. The Bertz CT molecular complexity index is 323. The minimum absolute atomic E-state index is 0.00452. The molecule has 0 saturated carbocycles. The zero-order chi connectivity index (χ0) is 20.7. The van der Waals surface area contributed by atoms with Crippen molar-refractivity contribution < 1.29 is 14.6 Å². The van der Waals surface area contributed by atoms with Gasteiger partial charge in [0, 0.05) is 13.0 Å². The van der Waals surface area contributed by atoms with Crippen LogP contribution in [0.3, 0.4) is 0 Å². The summed E-state index contributed by atoms with van der Waals surface area (Å²) in [5.74, 6) is 0.517. The van der Waals surface area contributed by atoms with E-state index in [4.69, 9.17) is 9.84 Å². The molecule has 0 aliphatic carbocycles. The van der Waals surface area contributed by atoms with E-state index in [0.717, 1.165) is 25.8 Å². The van der Waals surface area contributed by atoms with Crippen LogP contribution in [0.5, 0.6) is 0 Å². The number of nitrogens with one attached hydrogen (secondary N) is 1. The summed E-state index contributed by atoms with van der Waals surface area (Å²) in [7, 11) is 0. The predicted molar refractivity (Wildman–Crippen MR) is 120 cm³/mol. The Morgan fingerprint density at radius 1 is 0.786 bits per heavy atom. The molecule has 4 heteroatoms. The van der Waals surface area contributed by atoms with Gasteiger partial charge in [-0.25, -0.2) is 0 Å². The van der Waals surface area contributed by atoms with E-state index < -0.39 is 0 Å². The quantitative estimate of drug-likeness (QED) is 0.173. The minimum atomic E-state index is 0.00452. The van der Waals surface area contributed by atoms with Crippen molar-refractivity contribution in [3.05, 3.63) is 0 Å². The number of aliphatic hydroxyl groups is 1. The average Bonchev–Trinajstić information content (AvgIpc) is 2.69. The van der Waals surface area contributed by atoms with E-state index in [9.17, 15) is 4.79 Å². The molecule has 0 aromatic heterocycles. The highest BCUT2D eigenvalue weighted by atomic mass is 16.5. The fourth-order valence-electron chi connectivity index (χ4n) is 3.64. The molecule has 1 atom stereocenters. The minimum Gasteiger partial charge on any atom is -0.466 e. The Balaban J connectivity index is 3.89. The Kier molecular flexibility index (Phi) is 22.2. The Morgan fingerprint density at radius 2 is 1.36 bits per heavy atom. The fraction of sp³-hybridized carbons (Fsp3) is 0.958. The number of rotatable bonds is 22. The molecule has 0 aromatic carbocycles. The molecule has 0 amide bonds. The van der Waals surface area contributed by atoms with Crippen molar-refractivity contribution in [1.29, 1.82) is 0 Å². The van der Waals surface area contributed by atoms with Gasteiger partial charge in [0.1, 0.15) is 0 Å². The number of hydrogen-bond acceptors (Lipinski definition) is 4. The van der Waals surface area contributed by atoms with Crippen molar-refractivity contribution in [1.82, 2.24) is 5.32 Å². The van der Waals surface area contributed by atoms with Crippen LogP contribution in [0.1, 0.15) is 117 Å². The van der Waals surface area contributed by atoms with Crippen molar-refractivity contribution in [2.45, 2.75) is 117 Å². The number of carbonyl (C=O) groups excluding carboxylic acids is 1. The standard InChI is InChI=1S/C24H49NO3/c1-3-5-7-9-10-13-17-23(16-12-8-6-4-2)22-24(27)28-21-15-11-14-18-25-19-20-26/h23,25-26H,3-22H2,1-2H3. The maximum atomic E-state index is 12.2. The van der Waals surface area contributed by atoms with E-state index in [1.807, 2.05) is 0 Å². The maximum absolute atomic E-state index is 12.2. The zero-order valence-corrected chi connectivity index (χ0v) is 19.0. The van der Waals surface area contributed by atoms with Crippen molar-refractivity contribution in [3.8, 4) is 0 Å². The summed E-state index contributed by atoms with van der Waals surface area (Å²) in [6.45, 7) is 6.83. The summed E-state index contributed by atoms with van der Waals surface area (Å²) < 4.78 is 5.49. The van der Waals surface area contributed by atoms with E-state index in [2.05, 4.69) is 19.2 Å². The first kappa shape index (κ1) is 27.4. The van der Waals surface area contributed by atoms with Gasteiger partial charge in [-0.3, -0.25) is 4.79 Å². The van der Waals surface area contributed by atoms with Crippen LogP contribution in [0.15, 0.2) is 0 Å². The Morgan fingerprint density at radius 3 is 2.00 bits per heavy atom. The van der Waals surface area contributed by atoms with E-state index in [-0.39, 0.29) is 12.6 Å². The third-order valence-corrected chi connectivity index (χ3v) is 5.44. The molecule has 4 nitrogen and oxygen atoms in total. The molecule has 0 aliphatic rings. The van der Waals surface area contributed by atoms with Crippen LogP contribution in [0.4, 0.5) is 0 Å². The molecule has 168 valence electrons. The molecule has 0 heterocycles. The van der Waals surface area contributed by atoms with Crippen LogP contribution >= 0.6 is 0 Å². The molecule has 1 unspecified atom stereocenters. The second kappa shape index (κ2) is 22.7. The van der Waals surface area contributed by atoms with Crippen LogP contribution in [-0.4, -0.2) is 37.4 Å². The number of aliphatic hydroxyl groups excluding tert-OH is 1. The molecule has 0 aliphatic heterocycles. The first-order valence-electron chi connectivity index (χ1n) is 12.2. The van der Waals surface area contributed by atoms with E-state index in [1.54, 1.807) is 0 Å². The first-order chi connectivity index (χ1) is 13.7. The second-order valence-electron chi connectivity index (χ2n) is 8.23. The summed E-state index contributed by atoms with van der Waals surface area (Å²) in [5.41, 5.74) is 0.